The van der Waals surface area contributed by atoms with E-state index >= 15 is 0 Å². The Hall–Kier alpha value is -3.28. The number of aryl methyl sites for hydroxylation is 1. The van der Waals surface area contributed by atoms with E-state index in [1.165, 1.54) is 23.1 Å². The van der Waals surface area contributed by atoms with E-state index in [9.17, 15) is 14.0 Å². The van der Waals surface area contributed by atoms with Gasteiger partial charge in [0.25, 0.3) is 5.91 Å². The van der Waals surface area contributed by atoms with Gasteiger partial charge in [0.05, 0.1) is 5.69 Å². The zero-order valence-corrected chi connectivity index (χ0v) is 14.5. The summed E-state index contributed by atoms with van der Waals surface area (Å²) in [5, 5.41) is 4.27. The Kier molecular flexibility index (Phi) is 4.93. The maximum atomic E-state index is 13.0. The highest BCUT2D eigenvalue weighted by molar-refractivity contribution is 5.91. The predicted molar refractivity (Wildman–Crippen MR) is 96.8 cm³/mol. The van der Waals surface area contributed by atoms with Crippen molar-refractivity contribution in [1.82, 2.24) is 14.7 Å². The molecule has 5 nitrogen and oxygen atoms in total. The molecule has 1 aromatic heterocycles. The molecule has 0 fully saturated rings. The van der Waals surface area contributed by atoms with Crippen molar-refractivity contribution < 1.29 is 9.18 Å². The first-order valence-corrected chi connectivity index (χ1v) is 8.12. The predicted octanol–water partition coefficient (Wildman–Crippen LogP) is 2.95. The van der Waals surface area contributed by atoms with Crippen LogP contribution in [0.2, 0.25) is 0 Å². The lowest BCUT2D eigenvalue weighted by Gasteiger charge is -2.18. The van der Waals surface area contributed by atoms with Gasteiger partial charge in [-0.25, -0.2) is 9.07 Å². The molecule has 0 saturated heterocycles. The average molecular weight is 351 g/mol. The fraction of sp³-hybridized carbons (Fsp3) is 0.150. The number of hydrogen-bond acceptors (Lipinski definition) is 3. The molecule has 0 unspecified atom stereocenters. The molecule has 0 radical (unpaired) electrons. The van der Waals surface area contributed by atoms with Crippen LogP contribution in [-0.2, 0) is 6.54 Å². The molecule has 0 spiro atoms. The van der Waals surface area contributed by atoms with Crippen molar-refractivity contribution in [3.63, 3.8) is 0 Å². The number of rotatable bonds is 4. The van der Waals surface area contributed by atoms with Gasteiger partial charge in [0, 0.05) is 25.4 Å². The highest BCUT2D eigenvalue weighted by atomic mass is 19.1. The van der Waals surface area contributed by atoms with Crippen LogP contribution in [0.4, 0.5) is 4.39 Å². The summed E-state index contributed by atoms with van der Waals surface area (Å²) in [5.74, 6) is -0.822. The number of benzene rings is 2. The number of aromatic nitrogens is 2. The number of carbonyl (C=O) groups excluding carboxylic acids is 1. The van der Waals surface area contributed by atoms with Gasteiger partial charge in [0.2, 0.25) is 5.43 Å². The zero-order valence-electron chi connectivity index (χ0n) is 14.5. The summed E-state index contributed by atoms with van der Waals surface area (Å²) in [6, 6.07) is 16.6. The van der Waals surface area contributed by atoms with E-state index in [0.29, 0.717) is 5.69 Å². The topological polar surface area (TPSA) is 55.2 Å². The number of carbonyl (C=O) groups is 1. The van der Waals surface area contributed by atoms with E-state index in [1.54, 1.807) is 30.8 Å². The van der Waals surface area contributed by atoms with Crippen molar-refractivity contribution in [3.05, 3.63) is 93.7 Å². The SMILES string of the molecule is Cc1cc(=O)c(C(=O)N(C)Cc2ccc(F)cc2)nn1-c1ccccc1. The molecule has 0 aliphatic rings. The first-order valence-electron chi connectivity index (χ1n) is 8.12. The van der Waals surface area contributed by atoms with Crippen molar-refractivity contribution in [2.75, 3.05) is 7.05 Å². The second-order valence-corrected chi connectivity index (χ2v) is 6.03. The fourth-order valence-electron chi connectivity index (χ4n) is 2.64. The maximum absolute atomic E-state index is 13.0. The molecule has 0 atom stereocenters. The normalized spacial score (nSPS) is 10.6. The van der Waals surface area contributed by atoms with Crippen molar-refractivity contribution in [2.24, 2.45) is 0 Å². The smallest absolute Gasteiger partial charge is 0.278 e. The van der Waals surface area contributed by atoms with Crippen LogP contribution < -0.4 is 5.43 Å². The molecule has 0 saturated carbocycles. The first kappa shape index (κ1) is 17.5. The molecule has 3 rings (SSSR count). The summed E-state index contributed by atoms with van der Waals surface area (Å²) in [6.45, 7) is 2.01. The molecular weight excluding hydrogens is 333 g/mol. The minimum atomic E-state index is -0.482. The van der Waals surface area contributed by atoms with E-state index in [-0.39, 0.29) is 18.1 Å². The van der Waals surface area contributed by atoms with Crippen LogP contribution in [0.15, 0.2) is 65.5 Å². The van der Waals surface area contributed by atoms with Crippen LogP contribution in [0.1, 0.15) is 21.7 Å². The largest absolute Gasteiger partial charge is 0.336 e. The molecule has 0 N–H and O–H groups in total. The second-order valence-electron chi connectivity index (χ2n) is 6.03. The Morgan fingerprint density at radius 1 is 1.12 bits per heavy atom. The van der Waals surface area contributed by atoms with Crippen LogP contribution in [0.5, 0.6) is 0 Å². The fourth-order valence-corrected chi connectivity index (χ4v) is 2.64. The van der Waals surface area contributed by atoms with E-state index < -0.39 is 11.3 Å². The van der Waals surface area contributed by atoms with Crippen LogP contribution in [0.3, 0.4) is 0 Å². The number of amides is 1. The van der Waals surface area contributed by atoms with Gasteiger partial charge in [-0.15, -0.1) is 0 Å². The van der Waals surface area contributed by atoms with Crippen molar-refractivity contribution >= 4 is 5.91 Å². The van der Waals surface area contributed by atoms with Crippen molar-refractivity contribution in [2.45, 2.75) is 13.5 Å². The third kappa shape index (κ3) is 3.69. The van der Waals surface area contributed by atoms with Gasteiger partial charge in [-0.1, -0.05) is 30.3 Å². The van der Waals surface area contributed by atoms with E-state index in [0.717, 1.165) is 11.3 Å². The van der Waals surface area contributed by atoms with E-state index in [2.05, 4.69) is 5.10 Å². The van der Waals surface area contributed by atoms with Crippen LogP contribution >= 0.6 is 0 Å². The van der Waals surface area contributed by atoms with Crippen molar-refractivity contribution in [3.8, 4) is 5.69 Å². The number of halogens is 1. The van der Waals surface area contributed by atoms with Gasteiger partial charge in [-0.3, -0.25) is 9.59 Å². The lowest BCUT2D eigenvalue weighted by atomic mass is 10.2. The molecule has 0 aliphatic carbocycles. The molecule has 1 amide bonds. The van der Waals surface area contributed by atoms with Crippen molar-refractivity contribution in [1.29, 1.82) is 0 Å². The van der Waals surface area contributed by atoms with Gasteiger partial charge >= 0.3 is 0 Å². The highest BCUT2D eigenvalue weighted by Crippen LogP contribution is 2.10. The first-order chi connectivity index (χ1) is 12.5. The monoisotopic (exact) mass is 351 g/mol. The molecule has 2 aromatic carbocycles. The molecule has 0 bridgehead atoms. The van der Waals surface area contributed by atoms with Gasteiger partial charge in [0.1, 0.15) is 5.82 Å². The summed E-state index contributed by atoms with van der Waals surface area (Å²) in [7, 11) is 1.58. The Balaban J connectivity index is 1.91. The third-order valence-electron chi connectivity index (χ3n) is 3.99. The molecule has 1 heterocycles. The minimum Gasteiger partial charge on any atom is -0.336 e. The van der Waals surface area contributed by atoms with Crippen LogP contribution in [0.25, 0.3) is 5.69 Å². The molecule has 26 heavy (non-hydrogen) atoms. The quantitative estimate of drug-likeness (QED) is 0.726. The second kappa shape index (κ2) is 7.31. The molecule has 6 heteroatoms. The summed E-state index contributed by atoms with van der Waals surface area (Å²) in [5.41, 5.74) is 1.59. The van der Waals surface area contributed by atoms with Gasteiger partial charge in [-0.2, -0.15) is 5.10 Å². The van der Waals surface area contributed by atoms with E-state index in [4.69, 9.17) is 0 Å². The van der Waals surface area contributed by atoms with Gasteiger partial charge in [0.15, 0.2) is 5.69 Å². The average Bonchev–Trinajstić information content (AvgIpc) is 2.64. The van der Waals surface area contributed by atoms with E-state index in [1.807, 2.05) is 30.3 Å². The summed E-state index contributed by atoms with van der Waals surface area (Å²) in [4.78, 5) is 26.4. The number of nitrogens with zero attached hydrogens (tertiary/aromatic N) is 3. The lowest BCUT2D eigenvalue weighted by Crippen LogP contribution is -2.33. The summed E-state index contributed by atoms with van der Waals surface area (Å²) < 4.78 is 14.6. The summed E-state index contributed by atoms with van der Waals surface area (Å²) >= 11 is 0. The Labute approximate surface area is 150 Å². The van der Waals surface area contributed by atoms with Gasteiger partial charge < -0.3 is 4.90 Å². The Morgan fingerprint density at radius 3 is 2.42 bits per heavy atom. The van der Waals surface area contributed by atoms with Crippen LogP contribution in [-0.4, -0.2) is 27.6 Å². The molecule has 132 valence electrons. The summed E-state index contributed by atoms with van der Waals surface area (Å²) in [6.07, 6.45) is 0. The standard InChI is InChI=1S/C20H18FN3O2/c1-14-12-18(25)19(22-24(14)17-6-4-3-5-7-17)20(26)23(2)13-15-8-10-16(21)11-9-15/h3-12H,13H2,1-2H3. The Morgan fingerprint density at radius 2 is 1.77 bits per heavy atom. The molecule has 3 aromatic rings. The zero-order chi connectivity index (χ0) is 18.7. The minimum absolute atomic E-state index is 0.149. The number of hydrogen-bond donors (Lipinski definition) is 0. The maximum Gasteiger partial charge on any atom is 0.278 e. The third-order valence-corrected chi connectivity index (χ3v) is 3.99. The highest BCUT2D eigenvalue weighted by Gasteiger charge is 2.19. The lowest BCUT2D eigenvalue weighted by molar-refractivity contribution is 0.0776. The van der Waals surface area contributed by atoms with Gasteiger partial charge in [-0.05, 0) is 36.8 Å². The van der Waals surface area contributed by atoms with Crippen LogP contribution in [0, 0.1) is 12.7 Å². The molecular formula is C20H18FN3O2. The number of para-hydroxylation sites is 1. The Bertz CT molecular complexity index is 982. The molecule has 0 aliphatic heterocycles.